The van der Waals surface area contributed by atoms with Gasteiger partial charge in [-0.2, -0.15) is 0 Å². The molecule has 7 heteroatoms. The first-order valence-corrected chi connectivity index (χ1v) is 6.19. The zero-order valence-corrected chi connectivity index (χ0v) is 11.7. The number of hydrogen-bond acceptors (Lipinski definition) is 5. The molecule has 0 radical (unpaired) electrons. The van der Waals surface area contributed by atoms with Crippen LogP contribution in [-0.4, -0.2) is 23.0 Å². The molecule has 1 aromatic heterocycles. The number of methoxy groups -OCH3 is 1. The smallest absolute Gasteiger partial charge is 0.345 e. The van der Waals surface area contributed by atoms with Gasteiger partial charge in [-0.3, -0.25) is 0 Å². The molecule has 0 aliphatic heterocycles. The first-order chi connectivity index (χ1) is 10.6. The summed E-state index contributed by atoms with van der Waals surface area (Å²) >= 11 is 0. The summed E-state index contributed by atoms with van der Waals surface area (Å²) in [6.07, 6.45) is 2.53. The number of benzene rings is 1. The van der Waals surface area contributed by atoms with E-state index in [2.05, 4.69) is 21.3 Å². The second kappa shape index (κ2) is 6.75. The average molecular weight is 306 g/mol. The first-order valence-electron chi connectivity index (χ1n) is 6.19. The predicted octanol–water partition coefficient (Wildman–Crippen LogP) is 2.76. The van der Waals surface area contributed by atoms with Crippen molar-refractivity contribution in [1.82, 2.24) is 9.97 Å². The summed E-state index contributed by atoms with van der Waals surface area (Å²) < 4.78 is 36.4. The molecule has 0 spiro atoms. The Labute approximate surface area is 125 Å². The third-order valence-electron chi connectivity index (χ3n) is 2.80. The molecule has 0 saturated heterocycles. The highest BCUT2D eigenvalue weighted by Gasteiger charge is 2.20. The van der Waals surface area contributed by atoms with Gasteiger partial charge < -0.3 is 9.47 Å². The summed E-state index contributed by atoms with van der Waals surface area (Å²) in [5.41, 5.74) is 0.343. The van der Waals surface area contributed by atoms with Gasteiger partial charge in [0.25, 0.3) is 0 Å². The molecule has 0 bridgehead atoms. The fourth-order valence-corrected chi connectivity index (χ4v) is 1.73. The van der Waals surface area contributed by atoms with E-state index in [0.29, 0.717) is 0 Å². The highest BCUT2D eigenvalue weighted by atomic mass is 19.1. The second-order valence-electron chi connectivity index (χ2n) is 4.16. The number of halogens is 2. The molecule has 5 nitrogen and oxygen atoms in total. The van der Waals surface area contributed by atoms with E-state index in [4.69, 9.17) is 4.74 Å². The summed E-state index contributed by atoms with van der Waals surface area (Å²) in [4.78, 5) is 19.5. The molecule has 1 heterocycles. The van der Waals surface area contributed by atoms with Gasteiger partial charge in [-0.15, -0.1) is 0 Å². The molecule has 114 valence electrons. The van der Waals surface area contributed by atoms with Crippen molar-refractivity contribution in [3.8, 4) is 5.88 Å². The lowest BCUT2D eigenvalue weighted by Gasteiger charge is -2.11. The van der Waals surface area contributed by atoms with Gasteiger partial charge in [-0.05, 0) is 18.2 Å². The molecule has 0 N–H and O–H groups in total. The summed E-state index contributed by atoms with van der Waals surface area (Å²) in [6, 6.07) is 3.10. The van der Waals surface area contributed by atoms with Crippen LogP contribution in [0, 0.1) is 11.6 Å². The van der Waals surface area contributed by atoms with Gasteiger partial charge in [-0.1, -0.05) is 6.58 Å². The number of nitrogens with zero attached hydrogens (tertiary/aromatic N) is 2. The average Bonchev–Trinajstić information content (AvgIpc) is 2.52. The summed E-state index contributed by atoms with van der Waals surface area (Å²) in [5.74, 6) is -2.21. The van der Waals surface area contributed by atoms with Gasteiger partial charge in [-0.25, -0.2) is 23.5 Å². The van der Waals surface area contributed by atoms with Crippen molar-refractivity contribution in [2.24, 2.45) is 0 Å². The Morgan fingerprint density at radius 1 is 1.36 bits per heavy atom. The zero-order valence-electron chi connectivity index (χ0n) is 11.7. The van der Waals surface area contributed by atoms with Crippen molar-refractivity contribution >= 4 is 12.0 Å². The summed E-state index contributed by atoms with van der Waals surface area (Å²) in [5, 5.41) is 0. The molecule has 0 atom stereocenters. The summed E-state index contributed by atoms with van der Waals surface area (Å²) in [7, 11) is 1.20. The number of aromatic nitrogens is 2. The van der Waals surface area contributed by atoms with Gasteiger partial charge in [0, 0.05) is 11.6 Å². The SMILES string of the molecule is C=Cc1ncnc(OCc2ccc(F)cc2F)c1C(=O)OC. The number of rotatable bonds is 5. The van der Waals surface area contributed by atoms with Crippen molar-refractivity contribution in [2.75, 3.05) is 7.11 Å². The van der Waals surface area contributed by atoms with E-state index in [0.717, 1.165) is 12.1 Å². The lowest BCUT2D eigenvalue weighted by molar-refractivity contribution is 0.0593. The van der Waals surface area contributed by atoms with Crippen molar-refractivity contribution in [1.29, 1.82) is 0 Å². The van der Waals surface area contributed by atoms with Crippen molar-refractivity contribution in [2.45, 2.75) is 6.61 Å². The molecule has 2 aromatic rings. The van der Waals surface area contributed by atoms with E-state index < -0.39 is 17.6 Å². The summed E-state index contributed by atoms with van der Waals surface area (Å²) in [6.45, 7) is 3.30. The fourth-order valence-electron chi connectivity index (χ4n) is 1.73. The van der Waals surface area contributed by atoms with Crippen LogP contribution < -0.4 is 4.74 Å². The normalized spacial score (nSPS) is 10.1. The van der Waals surface area contributed by atoms with Gasteiger partial charge in [0.1, 0.15) is 30.1 Å². The third kappa shape index (κ3) is 3.25. The van der Waals surface area contributed by atoms with Gasteiger partial charge in [0.2, 0.25) is 5.88 Å². The Morgan fingerprint density at radius 3 is 2.77 bits per heavy atom. The van der Waals surface area contributed by atoms with Crippen LogP contribution in [0.2, 0.25) is 0 Å². The number of ether oxygens (including phenoxy) is 2. The molecule has 22 heavy (non-hydrogen) atoms. The standard InChI is InChI=1S/C15H12F2N2O3/c1-3-12-13(15(20)21-2)14(19-8-18-12)22-7-9-4-5-10(16)6-11(9)17/h3-6,8H,1,7H2,2H3. The van der Waals surface area contributed by atoms with Crippen molar-refractivity contribution < 1.29 is 23.0 Å². The number of hydrogen-bond donors (Lipinski definition) is 0. The van der Waals surface area contributed by atoms with Crippen LogP contribution in [0.3, 0.4) is 0 Å². The minimum atomic E-state index is -0.752. The molecule has 0 fully saturated rings. The second-order valence-corrected chi connectivity index (χ2v) is 4.16. The molecular weight excluding hydrogens is 294 g/mol. The maximum Gasteiger partial charge on any atom is 0.345 e. The largest absolute Gasteiger partial charge is 0.472 e. The van der Waals surface area contributed by atoms with Gasteiger partial charge in [0.05, 0.1) is 12.8 Å². The molecule has 0 unspecified atom stereocenters. The predicted molar refractivity (Wildman–Crippen MR) is 74.2 cm³/mol. The number of esters is 1. The quantitative estimate of drug-likeness (QED) is 0.795. The van der Waals surface area contributed by atoms with Gasteiger partial charge in [0.15, 0.2) is 0 Å². The van der Waals surface area contributed by atoms with E-state index >= 15 is 0 Å². The van der Waals surface area contributed by atoms with Crippen LogP contribution in [0.5, 0.6) is 5.88 Å². The van der Waals surface area contributed by atoms with Crippen LogP contribution in [-0.2, 0) is 11.3 Å². The Kier molecular flexibility index (Phi) is 4.77. The highest BCUT2D eigenvalue weighted by Crippen LogP contribution is 2.21. The fraction of sp³-hybridized carbons (Fsp3) is 0.133. The van der Waals surface area contributed by atoms with Crippen molar-refractivity contribution in [3.63, 3.8) is 0 Å². The Balaban J connectivity index is 2.29. The Hall–Kier alpha value is -2.83. The number of carbonyl (C=O) groups excluding carboxylic acids is 1. The zero-order chi connectivity index (χ0) is 16.1. The van der Waals surface area contributed by atoms with E-state index in [1.807, 2.05) is 0 Å². The third-order valence-corrected chi connectivity index (χ3v) is 2.80. The molecule has 0 saturated carbocycles. The minimum absolute atomic E-state index is 0.0116. The van der Waals surface area contributed by atoms with E-state index in [-0.39, 0.29) is 29.3 Å². The van der Waals surface area contributed by atoms with Crippen LogP contribution >= 0.6 is 0 Å². The van der Waals surface area contributed by atoms with E-state index in [1.165, 1.54) is 25.6 Å². The molecule has 0 amide bonds. The monoisotopic (exact) mass is 306 g/mol. The van der Waals surface area contributed by atoms with E-state index in [9.17, 15) is 13.6 Å². The molecule has 1 aromatic carbocycles. The maximum atomic E-state index is 13.6. The Bertz CT molecular complexity index is 720. The molecular formula is C15H12F2N2O3. The van der Waals surface area contributed by atoms with E-state index in [1.54, 1.807) is 0 Å². The minimum Gasteiger partial charge on any atom is -0.472 e. The highest BCUT2D eigenvalue weighted by molar-refractivity contribution is 5.95. The lowest BCUT2D eigenvalue weighted by atomic mass is 10.2. The number of carbonyl (C=O) groups is 1. The van der Waals surface area contributed by atoms with Crippen LogP contribution in [0.15, 0.2) is 31.1 Å². The first kappa shape index (κ1) is 15.6. The topological polar surface area (TPSA) is 61.3 Å². The van der Waals surface area contributed by atoms with Crippen molar-refractivity contribution in [3.05, 3.63) is 59.6 Å². The van der Waals surface area contributed by atoms with Crippen LogP contribution in [0.25, 0.3) is 6.08 Å². The van der Waals surface area contributed by atoms with Crippen LogP contribution in [0.1, 0.15) is 21.6 Å². The molecule has 0 aliphatic rings. The maximum absolute atomic E-state index is 13.6. The van der Waals surface area contributed by atoms with Crippen LogP contribution in [0.4, 0.5) is 8.78 Å². The molecule has 2 rings (SSSR count). The lowest BCUT2D eigenvalue weighted by Crippen LogP contribution is -2.11. The Morgan fingerprint density at radius 2 is 2.14 bits per heavy atom. The molecule has 0 aliphatic carbocycles. The van der Waals surface area contributed by atoms with Gasteiger partial charge >= 0.3 is 5.97 Å².